The van der Waals surface area contributed by atoms with Gasteiger partial charge < -0.3 is 5.32 Å². The summed E-state index contributed by atoms with van der Waals surface area (Å²) in [5, 5.41) is 27.4. The molecule has 1 N–H and O–H groups in total. The lowest BCUT2D eigenvalue weighted by Gasteiger charge is -2.14. The normalized spacial score (nSPS) is 10.0. The summed E-state index contributed by atoms with van der Waals surface area (Å²) in [5.74, 6) is 0. The summed E-state index contributed by atoms with van der Waals surface area (Å²) in [7, 11) is 0. The Morgan fingerprint density at radius 3 is 2.05 bits per heavy atom. The van der Waals surface area contributed by atoms with Crippen molar-refractivity contribution in [3.63, 3.8) is 0 Å². The number of rotatable bonds is 2. The molecule has 0 amide bonds. The number of nitrogens with one attached hydrogen (secondary N) is 1. The molecule has 1 rings (SSSR count). The van der Waals surface area contributed by atoms with Crippen molar-refractivity contribution in [3.05, 3.63) is 39.0 Å². The van der Waals surface area contributed by atoms with E-state index in [9.17, 15) is 13.2 Å². The first-order valence-electron chi connectivity index (χ1n) is 5.02. The number of benzene rings is 1. The Bertz CT molecular complexity index is 717. The molecular formula is C12H3Cl2F3N4. The van der Waals surface area contributed by atoms with Crippen molar-refractivity contribution in [1.29, 1.82) is 15.8 Å². The van der Waals surface area contributed by atoms with Crippen LogP contribution in [0.5, 0.6) is 0 Å². The summed E-state index contributed by atoms with van der Waals surface area (Å²) in [6, 6.07) is 6.04. The SMILES string of the molecule is N#CC(C#N)=C(C#N)Nc1cc(Cl)cc(C(F)(F)F)c1Cl. The second-order valence-corrected chi connectivity index (χ2v) is 4.34. The third-order valence-corrected chi connectivity index (χ3v) is 2.81. The second-order valence-electron chi connectivity index (χ2n) is 3.52. The summed E-state index contributed by atoms with van der Waals surface area (Å²) >= 11 is 11.2. The van der Waals surface area contributed by atoms with Gasteiger partial charge in [0.15, 0.2) is 5.57 Å². The van der Waals surface area contributed by atoms with Crippen LogP contribution in [0.1, 0.15) is 5.56 Å². The Labute approximate surface area is 127 Å². The summed E-state index contributed by atoms with van der Waals surface area (Å²) < 4.78 is 38.3. The van der Waals surface area contributed by atoms with Gasteiger partial charge in [0, 0.05) is 5.02 Å². The van der Waals surface area contributed by atoms with Crippen LogP contribution >= 0.6 is 23.2 Å². The Kier molecular flexibility index (Phi) is 5.05. The van der Waals surface area contributed by atoms with E-state index >= 15 is 0 Å². The number of halogens is 5. The number of nitriles is 3. The van der Waals surface area contributed by atoms with Gasteiger partial charge in [-0.05, 0) is 12.1 Å². The molecule has 0 aliphatic heterocycles. The summed E-state index contributed by atoms with van der Waals surface area (Å²) in [6.45, 7) is 0. The number of hydrogen-bond acceptors (Lipinski definition) is 4. The van der Waals surface area contributed by atoms with Gasteiger partial charge in [0.1, 0.15) is 23.9 Å². The van der Waals surface area contributed by atoms with Crippen LogP contribution in [-0.2, 0) is 6.18 Å². The number of allylic oxidation sites excluding steroid dienone is 2. The first-order chi connectivity index (χ1) is 9.74. The Hall–Kier alpha value is -2.40. The topological polar surface area (TPSA) is 83.4 Å². The van der Waals surface area contributed by atoms with E-state index < -0.39 is 28.0 Å². The van der Waals surface area contributed by atoms with Crippen LogP contribution < -0.4 is 5.32 Å². The maximum absolute atomic E-state index is 12.8. The molecule has 0 aliphatic rings. The maximum Gasteiger partial charge on any atom is 0.417 e. The van der Waals surface area contributed by atoms with Crippen molar-refractivity contribution in [2.24, 2.45) is 0 Å². The highest BCUT2D eigenvalue weighted by Gasteiger charge is 2.34. The maximum atomic E-state index is 12.8. The van der Waals surface area contributed by atoms with Gasteiger partial charge >= 0.3 is 6.18 Å². The molecule has 0 saturated carbocycles. The fraction of sp³-hybridized carbons (Fsp3) is 0.0833. The van der Waals surface area contributed by atoms with Crippen LogP contribution in [0.15, 0.2) is 23.4 Å². The molecular weight excluding hydrogens is 328 g/mol. The first kappa shape index (κ1) is 16.7. The Balaban J connectivity index is 3.45. The molecule has 21 heavy (non-hydrogen) atoms. The van der Waals surface area contributed by atoms with E-state index in [2.05, 4.69) is 5.32 Å². The highest BCUT2D eigenvalue weighted by molar-refractivity contribution is 6.36. The Morgan fingerprint density at radius 1 is 1.05 bits per heavy atom. The lowest BCUT2D eigenvalue weighted by molar-refractivity contribution is -0.137. The zero-order chi connectivity index (χ0) is 16.2. The molecule has 0 unspecified atom stereocenters. The Morgan fingerprint density at radius 2 is 1.62 bits per heavy atom. The van der Waals surface area contributed by atoms with Gasteiger partial charge in [-0.2, -0.15) is 29.0 Å². The summed E-state index contributed by atoms with van der Waals surface area (Å²) in [5.41, 5.74) is -2.66. The molecule has 9 heteroatoms. The number of anilines is 1. The average Bonchev–Trinajstić information content (AvgIpc) is 2.40. The van der Waals surface area contributed by atoms with E-state index in [4.69, 9.17) is 39.0 Å². The smallest absolute Gasteiger partial charge is 0.344 e. The predicted octanol–water partition coefficient (Wildman–Crippen LogP) is 4.25. The van der Waals surface area contributed by atoms with Crippen LogP contribution in [0.4, 0.5) is 18.9 Å². The highest BCUT2D eigenvalue weighted by Crippen LogP contribution is 2.40. The van der Waals surface area contributed by atoms with Gasteiger partial charge in [0.25, 0.3) is 0 Å². The molecule has 0 aromatic heterocycles. The summed E-state index contributed by atoms with van der Waals surface area (Å²) in [6.07, 6.45) is -4.75. The van der Waals surface area contributed by atoms with Gasteiger partial charge in [-0.15, -0.1) is 0 Å². The molecule has 106 valence electrons. The zero-order valence-electron chi connectivity index (χ0n) is 9.89. The molecule has 0 atom stereocenters. The van der Waals surface area contributed by atoms with Gasteiger partial charge in [-0.25, -0.2) is 0 Å². The second kappa shape index (κ2) is 6.37. The fourth-order valence-corrected chi connectivity index (χ4v) is 1.79. The fourth-order valence-electron chi connectivity index (χ4n) is 1.30. The van der Waals surface area contributed by atoms with Gasteiger partial charge in [0.2, 0.25) is 0 Å². The largest absolute Gasteiger partial charge is 0.417 e. The van der Waals surface area contributed by atoms with Gasteiger partial charge in [-0.3, -0.25) is 0 Å². The standard InChI is InChI=1S/C12H3Cl2F3N4/c13-7-1-8(12(15,16)17)11(14)9(2-7)21-10(5-20)6(3-18)4-19/h1-2,21H. The van der Waals surface area contributed by atoms with Gasteiger partial charge in [-0.1, -0.05) is 23.2 Å². The average molecular weight is 331 g/mol. The van der Waals surface area contributed by atoms with Crippen LogP contribution in [0, 0.1) is 34.0 Å². The molecule has 0 fully saturated rings. The van der Waals surface area contributed by atoms with Crippen LogP contribution in [0.3, 0.4) is 0 Å². The third kappa shape index (κ3) is 3.79. The predicted molar refractivity (Wildman–Crippen MR) is 69.0 cm³/mol. The lowest BCUT2D eigenvalue weighted by Crippen LogP contribution is -2.09. The molecule has 0 spiro atoms. The van der Waals surface area contributed by atoms with Gasteiger partial charge in [0.05, 0.1) is 16.3 Å². The van der Waals surface area contributed by atoms with Crippen LogP contribution in [0.2, 0.25) is 10.0 Å². The van der Waals surface area contributed by atoms with E-state index in [0.717, 1.165) is 6.07 Å². The quantitative estimate of drug-likeness (QED) is 0.821. The number of alkyl halides is 3. The van der Waals surface area contributed by atoms with Crippen molar-refractivity contribution in [2.75, 3.05) is 5.32 Å². The number of hydrogen-bond donors (Lipinski definition) is 1. The van der Waals surface area contributed by atoms with Crippen LogP contribution in [-0.4, -0.2) is 0 Å². The van der Waals surface area contributed by atoms with E-state index in [1.165, 1.54) is 18.2 Å². The van der Waals surface area contributed by atoms with Crippen molar-refractivity contribution in [3.8, 4) is 18.2 Å². The van der Waals surface area contributed by atoms with Crippen molar-refractivity contribution >= 4 is 28.9 Å². The minimum atomic E-state index is -4.75. The van der Waals surface area contributed by atoms with E-state index in [1.54, 1.807) is 0 Å². The highest BCUT2D eigenvalue weighted by atomic mass is 35.5. The minimum absolute atomic E-state index is 0.276. The molecule has 0 heterocycles. The summed E-state index contributed by atoms with van der Waals surface area (Å²) in [4.78, 5) is 0. The third-order valence-electron chi connectivity index (χ3n) is 2.19. The van der Waals surface area contributed by atoms with Crippen LogP contribution in [0.25, 0.3) is 0 Å². The van der Waals surface area contributed by atoms with E-state index in [1.807, 2.05) is 0 Å². The molecule has 1 aromatic carbocycles. The van der Waals surface area contributed by atoms with E-state index in [-0.39, 0.29) is 10.7 Å². The monoisotopic (exact) mass is 330 g/mol. The van der Waals surface area contributed by atoms with Crippen molar-refractivity contribution in [1.82, 2.24) is 0 Å². The zero-order valence-corrected chi connectivity index (χ0v) is 11.4. The molecule has 1 aromatic rings. The van der Waals surface area contributed by atoms with Crippen molar-refractivity contribution in [2.45, 2.75) is 6.18 Å². The number of nitrogens with zero attached hydrogens (tertiary/aromatic N) is 3. The van der Waals surface area contributed by atoms with Crippen molar-refractivity contribution < 1.29 is 13.2 Å². The minimum Gasteiger partial charge on any atom is -0.344 e. The molecule has 0 radical (unpaired) electrons. The first-order valence-corrected chi connectivity index (χ1v) is 5.78. The lowest BCUT2D eigenvalue weighted by atomic mass is 10.1. The van der Waals surface area contributed by atoms with E-state index in [0.29, 0.717) is 6.07 Å². The molecule has 0 saturated heterocycles. The molecule has 4 nitrogen and oxygen atoms in total. The molecule has 0 bridgehead atoms. The molecule has 0 aliphatic carbocycles.